The van der Waals surface area contributed by atoms with Crippen molar-refractivity contribution in [2.75, 3.05) is 6.61 Å². The first-order chi connectivity index (χ1) is 14.5. The van der Waals surface area contributed by atoms with Gasteiger partial charge < -0.3 is 9.84 Å². The lowest BCUT2D eigenvalue weighted by Crippen LogP contribution is -2.30. The van der Waals surface area contributed by atoms with Crippen molar-refractivity contribution < 1.29 is 27.8 Å². The number of aryl methyl sites for hydroxylation is 2. The van der Waals surface area contributed by atoms with Gasteiger partial charge in [-0.15, -0.1) is 0 Å². The number of aromatic hydroxyl groups is 1. The molecule has 0 unspecified atom stereocenters. The van der Waals surface area contributed by atoms with Crippen molar-refractivity contribution in [3.63, 3.8) is 0 Å². The number of hydrogen-bond donors (Lipinski definition) is 1. The third-order valence-electron chi connectivity index (χ3n) is 4.33. The molecule has 0 aliphatic rings. The van der Waals surface area contributed by atoms with E-state index in [1.165, 1.54) is 33.0 Å². The molecule has 0 aliphatic heterocycles. The van der Waals surface area contributed by atoms with Crippen molar-refractivity contribution in [3.05, 3.63) is 62.3 Å². The fourth-order valence-corrected chi connectivity index (χ4v) is 3.22. The van der Waals surface area contributed by atoms with Gasteiger partial charge in [0.1, 0.15) is 0 Å². The molecule has 0 fully saturated rings. The summed E-state index contributed by atoms with van der Waals surface area (Å²) in [5, 5.41) is 18.3. The fraction of sp³-hybridized carbons (Fsp3) is 0.263. The molecule has 0 saturated carbocycles. The number of benzene rings is 1. The van der Waals surface area contributed by atoms with E-state index in [2.05, 4.69) is 10.2 Å². The van der Waals surface area contributed by atoms with Gasteiger partial charge in [0, 0.05) is 6.20 Å². The molecule has 2 aromatic heterocycles. The first-order valence-electron chi connectivity index (χ1n) is 8.89. The highest BCUT2D eigenvalue weighted by atomic mass is 35.5. The smallest absolute Gasteiger partial charge is 0.416 e. The number of halogens is 4. The summed E-state index contributed by atoms with van der Waals surface area (Å²) in [5.74, 6) is -1.84. The van der Waals surface area contributed by atoms with Gasteiger partial charge in [-0.3, -0.25) is 4.79 Å². The molecule has 0 spiro atoms. The molecule has 0 saturated heterocycles. The molecule has 0 bridgehead atoms. The van der Waals surface area contributed by atoms with Crippen LogP contribution in [0.2, 0.25) is 5.15 Å². The summed E-state index contributed by atoms with van der Waals surface area (Å²) in [7, 11) is 0. The second-order valence-electron chi connectivity index (χ2n) is 6.52. The summed E-state index contributed by atoms with van der Waals surface area (Å²) in [4.78, 5) is 25.5. The SMILES string of the molecule is CCOC(=O)c1nn(-c2c(C)cc(C(F)(F)F)cc2C)c(=O)c(-n2ccc(Cl)n2)c1O. The molecule has 164 valence electrons. The molecule has 12 heteroatoms. The zero-order valence-electron chi connectivity index (χ0n) is 16.5. The van der Waals surface area contributed by atoms with Gasteiger partial charge in [0.05, 0.1) is 17.9 Å². The van der Waals surface area contributed by atoms with Crippen molar-refractivity contribution in [2.45, 2.75) is 26.9 Å². The van der Waals surface area contributed by atoms with E-state index >= 15 is 0 Å². The average Bonchev–Trinajstić information content (AvgIpc) is 3.08. The maximum Gasteiger partial charge on any atom is 0.416 e. The summed E-state index contributed by atoms with van der Waals surface area (Å²) >= 11 is 5.80. The summed E-state index contributed by atoms with van der Waals surface area (Å²) in [5.41, 5.74) is -2.74. The summed E-state index contributed by atoms with van der Waals surface area (Å²) in [6, 6.07) is 3.06. The first kappa shape index (κ1) is 22.3. The Morgan fingerprint density at radius 1 is 1.19 bits per heavy atom. The molecule has 1 aromatic carbocycles. The number of hydrogen-bond acceptors (Lipinski definition) is 6. The Bertz CT molecular complexity index is 1210. The van der Waals surface area contributed by atoms with Gasteiger partial charge in [0.25, 0.3) is 0 Å². The molecule has 0 atom stereocenters. The standard InChI is InChI=1S/C19H16ClF3N4O4/c1-4-31-18(30)13-16(28)15(26-6-5-12(20)24-26)17(29)27(25-13)14-9(2)7-11(8-10(14)3)19(21,22)23/h5-8,28H,4H2,1-3H3. The molecule has 0 aliphatic carbocycles. The zero-order valence-corrected chi connectivity index (χ0v) is 17.2. The Morgan fingerprint density at radius 3 is 2.29 bits per heavy atom. The van der Waals surface area contributed by atoms with Crippen LogP contribution in [0.25, 0.3) is 11.4 Å². The maximum atomic E-state index is 13.2. The highest BCUT2D eigenvalue weighted by Gasteiger charge is 2.32. The van der Waals surface area contributed by atoms with E-state index in [9.17, 15) is 27.9 Å². The lowest BCUT2D eigenvalue weighted by Gasteiger charge is -2.17. The van der Waals surface area contributed by atoms with E-state index in [0.29, 0.717) is 0 Å². The van der Waals surface area contributed by atoms with Crippen LogP contribution in [-0.4, -0.2) is 37.2 Å². The van der Waals surface area contributed by atoms with Crippen molar-refractivity contribution in [2.24, 2.45) is 0 Å². The molecule has 3 aromatic rings. The van der Waals surface area contributed by atoms with Crippen LogP contribution in [0.3, 0.4) is 0 Å². The quantitative estimate of drug-likeness (QED) is 0.602. The Kier molecular flexibility index (Phi) is 5.81. The van der Waals surface area contributed by atoms with E-state index < -0.39 is 40.4 Å². The number of alkyl halides is 3. The third-order valence-corrected chi connectivity index (χ3v) is 4.53. The molecule has 1 N–H and O–H groups in total. The molecular formula is C19H16ClF3N4O4. The van der Waals surface area contributed by atoms with Crippen molar-refractivity contribution in [1.29, 1.82) is 0 Å². The Balaban J connectivity index is 2.37. The molecule has 31 heavy (non-hydrogen) atoms. The van der Waals surface area contributed by atoms with E-state index in [1.807, 2.05) is 0 Å². The first-order valence-corrected chi connectivity index (χ1v) is 9.27. The Hall–Kier alpha value is -3.34. The molecule has 0 radical (unpaired) electrons. The normalized spacial score (nSPS) is 11.6. The minimum atomic E-state index is -4.59. The third kappa shape index (κ3) is 4.13. The van der Waals surface area contributed by atoms with Crippen molar-refractivity contribution in [3.8, 4) is 17.1 Å². The van der Waals surface area contributed by atoms with Crippen LogP contribution in [0.4, 0.5) is 13.2 Å². The van der Waals surface area contributed by atoms with Crippen LogP contribution in [0, 0.1) is 13.8 Å². The van der Waals surface area contributed by atoms with Crippen LogP contribution in [0.1, 0.15) is 34.1 Å². The molecule has 3 rings (SSSR count). The fourth-order valence-electron chi connectivity index (χ4n) is 3.08. The number of ether oxygens (including phenoxy) is 1. The minimum Gasteiger partial charge on any atom is -0.503 e. The van der Waals surface area contributed by atoms with Crippen LogP contribution < -0.4 is 5.56 Å². The average molecular weight is 457 g/mol. The summed E-state index contributed by atoms with van der Waals surface area (Å²) in [6.07, 6.45) is -3.32. The van der Waals surface area contributed by atoms with Gasteiger partial charge >= 0.3 is 17.7 Å². The Labute approximate surface area is 178 Å². The van der Waals surface area contributed by atoms with Gasteiger partial charge in [-0.1, -0.05) is 11.6 Å². The highest BCUT2D eigenvalue weighted by molar-refractivity contribution is 6.29. The molecule has 2 heterocycles. The van der Waals surface area contributed by atoms with Gasteiger partial charge in [-0.25, -0.2) is 9.48 Å². The number of carbonyl (C=O) groups excluding carboxylic acids is 1. The number of esters is 1. The van der Waals surface area contributed by atoms with Crippen LogP contribution >= 0.6 is 11.6 Å². The topological polar surface area (TPSA) is 99.2 Å². The molecule has 0 amide bonds. The second-order valence-corrected chi connectivity index (χ2v) is 6.91. The summed E-state index contributed by atoms with van der Waals surface area (Å²) in [6.45, 7) is 4.23. The van der Waals surface area contributed by atoms with Gasteiger partial charge in [-0.2, -0.15) is 28.1 Å². The van der Waals surface area contributed by atoms with E-state index in [1.54, 1.807) is 0 Å². The largest absolute Gasteiger partial charge is 0.503 e. The monoisotopic (exact) mass is 456 g/mol. The minimum absolute atomic E-state index is 0.00161. The number of carbonyl (C=O) groups is 1. The van der Waals surface area contributed by atoms with Gasteiger partial charge in [0.15, 0.2) is 16.6 Å². The predicted molar refractivity (Wildman–Crippen MR) is 104 cm³/mol. The number of rotatable bonds is 4. The number of nitrogens with zero attached hydrogens (tertiary/aromatic N) is 4. The molecule has 8 nitrogen and oxygen atoms in total. The van der Waals surface area contributed by atoms with E-state index in [0.717, 1.165) is 21.5 Å². The predicted octanol–water partition coefficient (Wildman–Crippen LogP) is 3.59. The Morgan fingerprint density at radius 2 is 1.81 bits per heavy atom. The lowest BCUT2D eigenvalue weighted by molar-refractivity contribution is -0.137. The van der Waals surface area contributed by atoms with Crippen LogP contribution in [0.5, 0.6) is 5.75 Å². The highest BCUT2D eigenvalue weighted by Crippen LogP contribution is 2.33. The maximum absolute atomic E-state index is 13.2. The number of aromatic nitrogens is 4. The lowest BCUT2D eigenvalue weighted by atomic mass is 10.0. The zero-order chi connectivity index (χ0) is 23.1. The van der Waals surface area contributed by atoms with Crippen molar-refractivity contribution in [1.82, 2.24) is 19.6 Å². The summed E-state index contributed by atoms with van der Waals surface area (Å²) < 4.78 is 46.0. The van der Waals surface area contributed by atoms with Gasteiger partial charge in [0.2, 0.25) is 5.69 Å². The van der Waals surface area contributed by atoms with Crippen molar-refractivity contribution >= 4 is 17.6 Å². The van der Waals surface area contributed by atoms with E-state index in [4.69, 9.17) is 16.3 Å². The van der Waals surface area contributed by atoms with Crippen LogP contribution in [-0.2, 0) is 10.9 Å². The molecular weight excluding hydrogens is 441 g/mol. The van der Waals surface area contributed by atoms with E-state index in [-0.39, 0.29) is 28.6 Å². The van der Waals surface area contributed by atoms with Crippen LogP contribution in [0.15, 0.2) is 29.2 Å². The second kappa shape index (κ2) is 8.06. The van der Waals surface area contributed by atoms with Gasteiger partial charge in [-0.05, 0) is 50.1 Å².